The van der Waals surface area contributed by atoms with Crippen LogP contribution >= 0.6 is 0 Å². The predicted octanol–water partition coefficient (Wildman–Crippen LogP) is 3.29. The van der Waals surface area contributed by atoms with Crippen LogP contribution in [-0.2, 0) is 7.05 Å². The first-order chi connectivity index (χ1) is 10.3. The maximum atomic E-state index is 4.30. The molecule has 4 aromatic rings. The molecule has 3 nitrogen and oxygen atoms in total. The molecule has 0 amide bonds. The fraction of sp³-hybridized carbons (Fsp3) is 0.111. The fourth-order valence-corrected chi connectivity index (χ4v) is 3.11. The van der Waals surface area contributed by atoms with Crippen molar-refractivity contribution in [3.8, 4) is 11.1 Å². The molecule has 4 rings (SSSR count). The van der Waals surface area contributed by atoms with Gasteiger partial charge in [0.15, 0.2) is 0 Å². The maximum absolute atomic E-state index is 4.30. The van der Waals surface area contributed by atoms with Crippen LogP contribution in [0.3, 0.4) is 0 Å². The molecular formula is C18H16N3+. The van der Waals surface area contributed by atoms with Crippen molar-refractivity contribution in [2.24, 2.45) is 7.05 Å². The Kier molecular flexibility index (Phi) is 2.54. The van der Waals surface area contributed by atoms with Gasteiger partial charge in [0.25, 0.3) is 5.65 Å². The molecule has 0 aliphatic carbocycles. The second-order valence-electron chi connectivity index (χ2n) is 5.36. The fourth-order valence-electron chi connectivity index (χ4n) is 3.11. The molecule has 0 aliphatic rings. The van der Waals surface area contributed by atoms with Crippen LogP contribution < -0.4 is 4.57 Å². The standard InChI is InChI=1S/C18H16N3/c1-13-15-12-19-9-8-16(15)21-11-10-20(2)18(21)17(13)14-6-4-3-5-7-14/h3-12H,1-2H3/q+1. The molecule has 0 N–H and O–H groups in total. The van der Waals surface area contributed by atoms with Gasteiger partial charge < -0.3 is 0 Å². The van der Waals surface area contributed by atoms with Crippen LogP contribution in [0.25, 0.3) is 27.7 Å². The molecule has 3 heteroatoms. The van der Waals surface area contributed by atoms with E-state index in [0.29, 0.717) is 0 Å². The summed E-state index contributed by atoms with van der Waals surface area (Å²) in [5.74, 6) is 0. The molecule has 3 heterocycles. The van der Waals surface area contributed by atoms with Crippen LogP contribution in [0.15, 0.2) is 61.2 Å². The highest BCUT2D eigenvalue weighted by Gasteiger charge is 2.21. The summed E-state index contributed by atoms with van der Waals surface area (Å²) in [7, 11) is 2.09. The molecule has 3 aromatic heterocycles. The Bertz CT molecular complexity index is 952. The Morgan fingerprint density at radius 1 is 1.10 bits per heavy atom. The summed E-state index contributed by atoms with van der Waals surface area (Å²) in [4.78, 5) is 4.30. The first-order valence-corrected chi connectivity index (χ1v) is 7.06. The van der Waals surface area contributed by atoms with Gasteiger partial charge in [-0.2, -0.15) is 4.40 Å². The van der Waals surface area contributed by atoms with Crippen molar-refractivity contribution in [3.05, 3.63) is 66.7 Å². The average Bonchev–Trinajstić information content (AvgIpc) is 2.91. The van der Waals surface area contributed by atoms with Gasteiger partial charge >= 0.3 is 0 Å². The van der Waals surface area contributed by atoms with E-state index >= 15 is 0 Å². The summed E-state index contributed by atoms with van der Waals surface area (Å²) in [6, 6.07) is 12.6. The first kappa shape index (κ1) is 12.1. The van der Waals surface area contributed by atoms with Gasteiger partial charge in [-0.05, 0) is 18.1 Å². The molecule has 0 saturated carbocycles. The van der Waals surface area contributed by atoms with Gasteiger partial charge in [-0.15, -0.1) is 0 Å². The molecule has 0 bridgehead atoms. The van der Waals surface area contributed by atoms with Crippen LogP contribution in [0.1, 0.15) is 5.56 Å². The predicted molar refractivity (Wildman–Crippen MR) is 84.0 cm³/mol. The molecule has 0 spiro atoms. The normalized spacial score (nSPS) is 11.3. The van der Waals surface area contributed by atoms with E-state index in [4.69, 9.17) is 0 Å². The lowest BCUT2D eigenvalue weighted by Gasteiger charge is -2.09. The summed E-state index contributed by atoms with van der Waals surface area (Å²) in [6.45, 7) is 2.18. The minimum atomic E-state index is 1.19. The Hall–Kier alpha value is -2.68. The quantitative estimate of drug-likeness (QED) is 0.488. The van der Waals surface area contributed by atoms with Gasteiger partial charge in [-0.25, -0.2) is 4.57 Å². The van der Waals surface area contributed by atoms with Crippen molar-refractivity contribution in [3.63, 3.8) is 0 Å². The molecule has 0 fully saturated rings. The van der Waals surface area contributed by atoms with E-state index in [9.17, 15) is 0 Å². The molecule has 0 saturated heterocycles. The van der Waals surface area contributed by atoms with Gasteiger partial charge in [0.05, 0.1) is 12.6 Å². The van der Waals surface area contributed by atoms with E-state index in [1.807, 2.05) is 12.4 Å². The van der Waals surface area contributed by atoms with E-state index in [1.165, 1.54) is 33.2 Å². The number of aromatic nitrogens is 3. The number of benzene rings is 1. The third-order valence-corrected chi connectivity index (χ3v) is 4.12. The van der Waals surface area contributed by atoms with Crippen molar-refractivity contribution < 1.29 is 4.57 Å². The smallest absolute Gasteiger partial charge is 0.264 e. The van der Waals surface area contributed by atoms with Gasteiger partial charge in [0.2, 0.25) is 0 Å². The van der Waals surface area contributed by atoms with Crippen LogP contribution in [-0.4, -0.2) is 9.38 Å². The molecule has 21 heavy (non-hydrogen) atoms. The van der Waals surface area contributed by atoms with Crippen LogP contribution in [0.4, 0.5) is 0 Å². The third-order valence-electron chi connectivity index (χ3n) is 4.12. The lowest BCUT2D eigenvalue weighted by molar-refractivity contribution is -0.644. The van der Waals surface area contributed by atoms with Crippen molar-refractivity contribution in [2.45, 2.75) is 6.92 Å². The second-order valence-corrected chi connectivity index (χ2v) is 5.36. The number of pyridine rings is 2. The number of aryl methyl sites for hydroxylation is 2. The Morgan fingerprint density at radius 3 is 2.71 bits per heavy atom. The summed E-state index contributed by atoms with van der Waals surface area (Å²) in [5, 5.41) is 1.19. The highest BCUT2D eigenvalue weighted by atomic mass is 15.1. The zero-order valence-electron chi connectivity index (χ0n) is 12.1. The number of fused-ring (bicyclic) bond motifs is 3. The number of imidazole rings is 1. The summed E-state index contributed by atoms with van der Waals surface area (Å²) < 4.78 is 4.42. The van der Waals surface area contributed by atoms with Crippen molar-refractivity contribution in [1.82, 2.24) is 9.38 Å². The highest BCUT2D eigenvalue weighted by Crippen LogP contribution is 2.32. The van der Waals surface area contributed by atoms with Crippen molar-refractivity contribution in [1.29, 1.82) is 0 Å². The van der Waals surface area contributed by atoms with Crippen molar-refractivity contribution in [2.75, 3.05) is 0 Å². The van der Waals surface area contributed by atoms with E-state index < -0.39 is 0 Å². The van der Waals surface area contributed by atoms with Gasteiger partial charge in [-0.1, -0.05) is 30.3 Å². The maximum Gasteiger partial charge on any atom is 0.294 e. The zero-order chi connectivity index (χ0) is 14.4. The van der Waals surface area contributed by atoms with Gasteiger partial charge in [0.1, 0.15) is 17.9 Å². The van der Waals surface area contributed by atoms with Crippen LogP contribution in [0.5, 0.6) is 0 Å². The lowest BCUT2D eigenvalue weighted by Crippen LogP contribution is -2.26. The number of rotatable bonds is 1. The molecule has 0 radical (unpaired) electrons. The molecule has 0 unspecified atom stereocenters. The number of hydrogen-bond donors (Lipinski definition) is 0. The zero-order valence-corrected chi connectivity index (χ0v) is 12.1. The van der Waals surface area contributed by atoms with E-state index in [1.54, 1.807) is 0 Å². The topological polar surface area (TPSA) is 21.2 Å². The second kappa shape index (κ2) is 4.42. The molecule has 0 aliphatic heterocycles. The van der Waals surface area contributed by atoms with Crippen LogP contribution in [0, 0.1) is 6.92 Å². The van der Waals surface area contributed by atoms with Gasteiger partial charge in [0, 0.05) is 23.8 Å². The van der Waals surface area contributed by atoms with Crippen LogP contribution in [0.2, 0.25) is 0 Å². The largest absolute Gasteiger partial charge is 0.294 e. The molecule has 102 valence electrons. The summed E-state index contributed by atoms with van der Waals surface area (Å²) in [5.41, 5.74) is 6.17. The molecule has 0 atom stereocenters. The summed E-state index contributed by atoms with van der Waals surface area (Å²) in [6.07, 6.45) is 8.02. The van der Waals surface area contributed by atoms with E-state index in [2.05, 4.69) is 76.7 Å². The SMILES string of the molecule is Cc1c(-c2ccccc2)c2n(cc[n+]2C)c2ccncc12. The average molecular weight is 274 g/mol. The monoisotopic (exact) mass is 274 g/mol. The highest BCUT2D eigenvalue weighted by molar-refractivity contribution is 5.94. The van der Waals surface area contributed by atoms with Gasteiger partial charge in [-0.3, -0.25) is 4.98 Å². The Morgan fingerprint density at radius 2 is 1.90 bits per heavy atom. The lowest BCUT2D eigenvalue weighted by atomic mass is 9.99. The molecule has 1 aromatic carbocycles. The van der Waals surface area contributed by atoms with Crippen molar-refractivity contribution >= 4 is 16.6 Å². The minimum absolute atomic E-state index is 1.19. The Balaban J connectivity index is 2.27. The van der Waals surface area contributed by atoms with E-state index in [0.717, 1.165) is 0 Å². The van der Waals surface area contributed by atoms with E-state index in [-0.39, 0.29) is 0 Å². The summed E-state index contributed by atoms with van der Waals surface area (Å²) >= 11 is 0. The first-order valence-electron chi connectivity index (χ1n) is 7.06. The minimum Gasteiger partial charge on any atom is -0.264 e. The Labute approximate surface area is 123 Å². The number of hydrogen-bond acceptors (Lipinski definition) is 1. The number of nitrogens with zero attached hydrogens (tertiary/aromatic N) is 3. The molecular weight excluding hydrogens is 258 g/mol. The third kappa shape index (κ3) is 1.67.